The summed E-state index contributed by atoms with van der Waals surface area (Å²) in [5, 5.41) is 3.07. The smallest absolute Gasteiger partial charge is 0.352 e. The van der Waals surface area contributed by atoms with Gasteiger partial charge in [0.2, 0.25) is 5.91 Å². The largest absolute Gasteiger partial charge is 0.416 e. The topological polar surface area (TPSA) is 74.8 Å². The molecule has 156 valence electrons. The van der Waals surface area contributed by atoms with E-state index in [0.717, 1.165) is 17.7 Å². The van der Waals surface area contributed by atoms with Crippen LogP contribution in [0.2, 0.25) is 0 Å². The number of carbonyl (C=O) groups excluding carboxylic acids is 1. The lowest BCUT2D eigenvalue weighted by Crippen LogP contribution is -2.25. The van der Waals surface area contributed by atoms with Gasteiger partial charge in [-0.1, -0.05) is 54.2 Å². The van der Waals surface area contributed by atoms with Crippen LogP contribution in [0, 0.1) is 0 Å². The van der Waals surface area contributed by atoms with Crippen LogP contribution in [0.1, 0.15) is 22.4 Å². The van der Waals surface area contributed by atoms with Crippen LogP contribution in [-0.2, 0) is 29.7 Å². The lowest BCUT2D eigenvalue weighted by atomic mass is 10.1. The number of amides is 1. The van der Waals surface area contributed by atoms with Crippen LogP contribution in [0.25, 0.3) is 0 Å². The first-order chi connectivity index (χ1) is 14.3. The Labute approximate surface area is 174 Å². The monoisotopic (exact) mass is 433 g/mol. The van der Waals surface area contributed by atoms with E-state index in [1.807, 2.05) is 30.3 Å². The number of aromatic amines is 1. The van der Waals surface area contributed by atoms with Gasteiger partial charge in [-0.25, -0.2) is 4.98 Å². The summed E-state index contributed by atoms with van der Waals surface area (Å²) in [6.45, 7) is 0.373. The molecule has 0 aliphatic carbocycles. The summed E-state index contributed by atoms with van der Waals surface area (Å²) >= 11 is 1.17. The van der Waals surface area contributed by atoms with Crippen LogP contribution in [-0.4, -0.2) is 15.9 Å². The third-order valence-corrected chi connectivity index (χ3v) is 5.05. The van der Waals surface area contributed by atoms with Crippen molar-refractivity contribution in [3.8, 4) is 0 Å². The average Bonchev–Trinajstić information content (AvgIpc) is 2.71. The Morgan fingerprint density at radius 3 is 2.40 bits per heavy atom. The van der Waals surface area contributed by atoms with Gasteiger partial charge >= 0.3 is 6.18 Å². The van der Waals surface area contributed by atoms with Crippen LogP contribution in [0.3, 0.4) is 0 Å². The number of carbonyl (C=O) groups is 1. The van der Waals surface area contributed by atoms with Gasteiger partial charge in [0.15, 0.2) is 5.16 Å². The maximum absolute atomic E-state index is 12.6. The number of nitrogens with zero attached hydrogens (tertiary/aromatic N) is 1. The first-order valence-electron chi connectivity index (χ1n) is 8.99. The maximum Gasteiger partial charge on any atom is 0.416 e. The van der Waals surface area contributed by atoms with E-state index in [0.29, 0.717) is 28.7 Å². The molecule has 5 nitrogen and oxygen atoms in total. The molecule has 0 aliphatic heterocycles. The van der Waals surface area contributed by atoms with Crippen molar-refractivity contribution in [2.75, 3.05) is 0 Å². The molecule has 0 bridgehead atoms. The van der Waals surface area contributed by atoms with Gasteiger partial charge in [0.25, 0.3) is 5.56 Å². The Morgan fingerprint density at radius 2 is 1.73 bits per heavy atom. The molecule has 0 fully saturated rings. The van der Waals surface area contributed by atoms with Crippen LogP contribution in [0.15, 0.2) is 70.6 Å². The number of benzene rings is 2. The van der Waals surface area contributed by atoms with Crippen molar-refractivity contribution >= 4 is 17.7 Å². The molecule has 1 aromatic heterocycles. The standard InChI is InChI=1S/C21H18F3N3O2S/c22-21(23,24)16-8-6-15(7-9-16)13-30-20-26-17(11-19(29)27-20)10-18(28)25-12-14-4-2-1-3-5-14/h1-9,11H,10,12-13H2,(H,25,28)(H,26,27,29). The molecule has 0 atom stereocenters. The molecule has 1 heterocycles. The number of hydrogen-bond acceptors (Lipinski definition) is 4. The Kier molecular flexibility index (Phi) is 6.94. The summed E-state index contributed by atoms with van der Waals surface area (Å²) in [5.74, 6) is 0.0562. The summed E-state index contributed by atoms with van der Waals surface area (Å²) in [5.41, 5.74) is 0.815. The Morgan fingerprint density at radius 1 is 1.03 bits per heavy atom. The molecular formula is C21H18F3N3O2S. The quantitative estimate of drug-likeness (QED) is 0.437. The molecule has 2 N–H and O–H groups in total. The number of nitrogens with one attached hydrogen (secondary N) is 2. The van der Waals surface area contributed by atoms with Gasteiger partial charge in [-0.2, -0.15) is 13.2 Å². The molecule has 1 amide bonds. The first-order valence-corrected chi connectivity index (χ1v) is 9.98. The number of rotatable bonds is 7. The van der Waals surface area contributed by atoms with Crippen LogP contribution in [0.5, 0.6) is 0 Å². The van der Waals surface area contributed by atoms with Crippen LogP contribution < -0.4 is 10.9 Å². The second-order valence-corrected chi connectivity index (χ2v) is 7.43. The van der Waals surface area contributed by atoms with E-state index < -0.39 is 17.3 Å². The second kappa shape index (κ2) is 9.62. The number of hydrogen-bond donors (Lipinski definition) is 2. The number of aromatic nitrogens is 2. The predicted molar refractivity (Wildman–Crippen MR) is 108 cm³/mol. The number of halogens is 3. The highest BCUT2D eigenvalue weighted by molar-refractivity contribution is 7.98. The molecule has 9 heteroatoms. The summed E-state index contributed by atoms with van der Waals surface area (Å²) in [7, 11) is 0. The number of alkyl halides is 3. The van der Waals surface area contributed by atoms with Crippen molar-refractivity contribution in [1.29, 1.82) is 0 Å². The Balaban J connectivity index is 1.58. The highest BCUT2D eigenvalue weighted by atomic mass is 32.2. The lowest BCUT2D eigenvalue weighted by Gasteiger charge is -2.08. The van der Waals surface area contributed by atoms with Crippen molar-refractivity contribution in [3.63, 3.8) is 0 Å². The summed E-state index contributed by atoms with van der Waals surface area (Å²) in [6, 6.07) is 15.5. The summed E-state index contributed by atoms with van der Waals surface area (Å²) < 4.78 is 37.9. The van der Waals surface area contributed by atoms with E-state index in [1.54, 1.807) is 0 Å². The molecule has 3 rings (SSSR count). The molecule has 3 aromatic rings. The number of thioether (sulfide) groups is 1. The molecule has 0 saturated heterocycles. The highest BCUT2D eigenvalue weighted by Gasteiger charge is 2.29. The van der Waals surface area contributed by atoms with Crippen molar-refractivity contribution < 1.29 is 18.0 Å². The highest BCUT2D eigenvalue weighted by Crippen LogP contribution is 2.29. The minimum absolute atomic E-state index is 0.0510. The normalized spacial score (nSPS) is 11.3. The Bertz CT molecular complexity index is 1050. The molecule has 0 unspecified atom stereocenters. The minimum Gasteiger partial charge on any atom is -0.352 e. The van der Waals surface area contributed by atoms with Crippen molar-refractivity contribution in [1.82, 2.24) is 15.3 Å². The molecule has 0 saturated carbocycles. The zero-order valence-corrected chi connectivity index (χ0v) is 16.5. The molecule has 0 aliphatic rings. The van der Waals surface area contributed by atoms with Crippen LogP contribution >= 0.6 is 11.8 Å². The van der Waals surface area contributed by atoms with Gasteiger partial charge in [-0.15, -0.1) is 0 Å². The minimum atomic E-state index is -4.38. The second-order valence-electron chi connectivity index (χ2n) is 6.46. The van der Waals surface area contributed by atoms with Gasteiger partial charge in [-0.05, 0) is 23.3 Å². The van der Waals surface area contributed by atoms with Crippen molar-refractivity contribution in [2.45, 2.75) is 30.1 Å². The van der Waals surface area contributed by atoms with Gasteiger partial charge in [-0.3, -0.25) is 9.59 Å². The first kappa shape index (κ1) is 21.6. The predicted octanol–water partition coefficient (Wildman–Crippen LogP) is 3.94. The fourth-order valence-corrected chi connectivity index (χ4v) is 3.46. The van der Waals surface area contributed by atoms with E-state index in [-0.39, 0.29) is 12.3 Å². The SMILES string of the molecule is O=C(Cc1cc(=O)[nH]c(SCc2ccc(C(F)(F)F)cc2)n1)NCc1ccccc1. The summed E-state index contributed by atoms with van der Waals surface area (Å²) in [4.78, 5) is 30.8. The molecular weight excluding hydrogens is 415 g/mol. The van der Waals surface area contributed by atoms with Crippen molar-refractivity contribution in [3.05, 3.63) is 93.4 Å². The van der Waals surface area contributed by atoms with E-state index >= 15 is 0 Å². The third-order valence-electron chi connectivity index (χ3n) is 4.10. The number of H-pyrrole nitrogens is 1. The van der Waals surface area contributed by atoms with Gasteiger partial charge in [0.05, 0.1) is 17.7 Å². The average molecular weight is 433 g/mol. The fourth-order valence-electron chi connectivity index (χ4n) is 2.61. The van der Waals surface area contributed by atoms with Gasteiger partial charge in [0.1, 0.15) is 0 Å². The zero-order chi connectivity index (χ0) is 21.6. The van der Waals surface area contributed by atoms with Crippen LogP contribution in [0.4, 0.5) is 13.2 Å². The Hall–Kier alpha value is -3.07. The van der Waals surface area contributed by atoms with E-state index in [2.05, 4.69) is 15.3 Å². The van der Waals surface area contributed by atoms with Gasteiger partial charge in [0, 0.05) is 18.4 Å². The molecule has 0 radical (unpaired) electrons. The van der Waals surface area contributed by atoms with Crippen molar-refractivity contribution in [2.24, 2.45) is 0 Å². The lowest BCUT2D eigenvalue weighted by molar-refractivity contribution is -0.137. The molecule has 0 spiro atoms. The zero-order valence-electron chi connectivity index (χ0n) is 15.7. The molecule has 2 aromatic carbocycles. The fraction of sp³-hybridized carbons (Fsp3) is 0.190. The van der Waals surface area contributed by atoms with E-state index in [9.17, 15) is 22.8 Å². The molecule has 30 heavy (non-hydrogen) atoms. The maximum atomic E-state index is 12.6. The third kappa shape index (κ3) is 6.48. The van der Waals surface area contributed by atoms with E-state index in [1.165, 1.54) is 30.0 Å². The van der Waals surface area contributed by atoms with Gasteiger partial charge < -0.3 is 10.3 Å². The van der Waals surface area contributed by atoms with E-state index in [4.69, 9.17) is 0 Å². The summed E-state index contributed by atoms with van der Waals surface area (Å²) in [6.07, 6.45) is -4.43.